The second-order valence-electron chi connectivity index (χ2n) is 7.28. The lowest BCUT2D eigenvalue weighted by Gasteiger charge is -2.16. The predicted molar refractivity (Wildman–Crippen MR) is 136 cm³/mol. The molecule has 0 saturated carbocycles. The Balaban J connectivity index is 1.58. The van der Waals surface area contributed by atoms with Crippen molar-refractivity contribution >= 4 is 49.8 Å². The number of carbonyl (C=O) groups excluding carboxylic acids is 1. The minimum Gasteiger partial charge on any atom is -0.461 e. The van der Waals surface area contributed by atoms with E-state index in [9.17, 15) is 13.2 Å². The van der Waals surface area contributed by atoms with Gasteiger partial charge in [0, 0.05) is 16.3 Å². The van der Waals surface area contributed by atoms with Gasteiger partial charge in [0.1, 0.15) is 5.01 Å². The average molecular weight is 530 g/mol. The van der Waals surface area contributed by atoms with Crippen LogP contribution in [0, 0.1) is 6.07 Å². The second-order valence-corrected chi connectivity index (χ2v) is 10.2. The zero-order chi connectivity index (χ0) is 24.8. The van der Waals surface area contributed by atoms with Crippen LogP contribution in [-0.4, -0.2) is 35.5 Å². The summed E-state index contributed by atoms with van der Waals surface area (Å²) in [5.74, 6) is -0.483. The van der Waals surface area contributed by atoms with E-state index in [0.717, 1.165) is 21.8 Å². The zero-order valence-electron chi connectivity index (χ0n) is 18.5. The van der Waals surface area contributed by atoms with Crippen LogP contribution in [0.3, 0.4) is 0 Å². The number of hydrogen-bond donors (Lipinski definition) is 3. The Kier molecular flexibility index (Phi) is 7.76. The van der Waals surface area contributed by atoms with Crippen molar-refractivity contribution in [3.63, 3.8) is 0 Å². The highest BCUT2D eigenvalue weighted by molar-refractivity contribution is 7.87. The van der Waals surface area contributed by atoms with Crippen LogP contribution in [0.25, 0.3) is 10.6 Å². The Morgan fingerprint density at radius 2 is 1.94 bits per heavy atom. The molecule has 0 fully saturated rings. The minimum absolute atomic E-state index is 0.194. The van der Waals surface area contributed by atoms with E-state index in [-0.39, 0.29) is 24.0 Å². The number of esters is 1. The summed E-state index contributed by atoms with van der Waals surface area (Å²) in [6, 6.07) is 17.3. The van der Waals surface area contributed by atoms with Crippen molar-refractivity contribution in [3.8, 4) is 10.6 Å². The predicted octanol–water partition coefficient (Wildman–Crippen LogP) is 4.85. The molecule has 4 aromatic rings. The number of hydrogen-bond acceptors (Lipinski definition) is 9. The van der Waals surface area contributed by atoms with Gasteiger partial charge >= 0.3 is 16.3 Å². The van der Waals surface area contributed by atoms with Gasteiger partial charge < -0.3 is 10.1 Å². The first-order valence-corrected chi connectivity index (χ1v) is 13.7. The summed E-state index contributed by atoms with van der Waals surface area (Å²) in [5.41, 5.74) is 3.00. The first-order valence-electron chi connectivity index (χ1n) is 10.5. The molecule has 0 amide bonds. The third-order valence-corrected chi connectivity index (χ3v) is 6.91. The van der Waals surface area contributed by atoms with Gasteiger partial charge in [0.25, 0.3) is 0 Å². The molecular formula is C23H21N4O5S3. The van der Waals surface area contributed by atoms with Gasteiger partial charge in [-0.3, -0.25) is 9.27 Å². The highest BCUT2D eigenvalue weighted by Gasteiger charge is 2.20. The SMILES string of the molecule is CCOC(=O)c1csc(NC(Cc2[c]cc(NS(=O)(=O)O)cc2)c2csc(-c3ccccc3)n2)n1. The number of aromatic nitrogens is 2. The van der Waals surface area contributed by atoms with E-state index < -0.39 is 16.3 Å². The van der Waals surface area contributed by atoms with E-state index in [1.165, 1.54) is 34.8 Å². The van der Waals surface area contributed by atoms with Gasteiger partial charge in [-0.2, -0.15) is 8.42 Å². The molecule has 2 aromatic carbocycles. The van der Waals surface area contributed by atoms with E-state index in [1.807, 2.05) is 40.4 Å². The summed E-state index contributed by atoms with van der Waals surface area (Å²) in [5, 5.41) is 8.36. The lowest BCUT2D eigenvalue weighted by molar-refractivity contribution is 0.0520. The van der Waals surface area contributed by atoms with Crippen LogP contribution in [0.5, 0.6) is 0 Å². The molecule has 0 aliphatic rings. The second kappa shape index (κ2) is 11.0. The molecular weight excluding hydrogens is 508 g/mol. The number of anilines is 2. The third-order valence-electron chi connectivity index (χ3n) is 4.73. The number of benzene rings is 2. The highest BCUT2D eigenvalue weighted by atomic mass is 32.2. The minimum atomic E-state index is -4.36. The Morgan fingerprint density at radius 3 is 2.63 bits per heavy atom. The number of nitrogens with one attached hydrogen (secondary N) is 2. The van der Waals surface area contributed by atoms with Gasteiger partial charge in [0.15, 0.2) is 10.8 Å². The quantitative estimate of drug-likeness (QED) is 0.196. The van der Waals surface area contributed by atoms with Gasteiger partial charge in [-0.05, 0) is 37.1 Å². The van der Waals surface area contributed by atoms with E-state index >= 15 is 0 Å². The van der Waals surface area contributed by atoms with E-state index in [2.05, 4.69) is 16.4 Å². The van der Waals surface area contributed by atoms with Crippen molar-refractivity contribution in [1.29, 1.82) is 0 Å². The van der Waals surface area contributed by atoms with Crippen LogP contribution >= 0.6 is 22.7 Å². The molecule has 1 unspecified atom stereocenters. The zero-order valence-corrected chi connectivity index (χ0v) is 20.9. The van der Waals surface area contributed by atoms with Crippen LogP contribution in [0.1, 0.15) is 34.7 Å². The summed E-state index contributed by atoms with van der Waals surface area (Å²) < 4.78 is 38.1. The number of thiazole rings is 2. The molecule has 0 bridgehead atoms. The number of rotatable bonds is 10. The van der Waals surface area contributed by atoms with Gasteiger partial charge in [-0.1, -0.05) is 36.4 Å². The number of nitrogens with zero attached hydrogens (tertiary/aromatic N) is 2. The number of carbonyl (C=O) groups is 1. The van der Waals surface area contributed by atoms with Gasteiger partial charge in [-0.15, -0.1) is 22.7 Å². The van der Waals surface area contributed by atoms with Gasteiger partial charge in [0.2, 0.25) is 0 Å². The van der Waals surface area contributed by atoms with Crippen molar-refractivity contribution in [3.05, 3.63) is 82.3 Å². The third kappa shape index (κ3) is 6.85. The maximum Gasteiger partial charge on any atom is 0.357 e. The maximum atomic E-state index is 12.0. The van der Waals surface area contributed by atoms with E-state index in [1.54, 1.807) is 18.4 Å². The summed E-state index contributed by atoms with van der Waals surface area (Å²) in [6.45, 7) is 2.00. The average Bonchev–Trinajstić information content (AvgIpc) is 3.50. The molecule has 1 radical (unpaired) electrons. The fourth-order valence-electron chi connectivity index (χ4n) is 3.19. The summed E-state index contributed by atoms with van der Waals surface area (Å²) in [6.07, 6.45) is 0.457. The molecule has 0 aliphatic carbocycles. The van der Waals surface area contributed by atoms with Crippen molar-refractivity contribution < 1.29 is 22.5 Å². The highest BCUT2D eigenvalue weighted by Crippen LogP contribution is 2.31. The largest absolute Gasteiger partial charge is 0.461 e. The molecule has 0 saturated heterocycles. The molecule has 2 aromatic heterocycles. The van der Waals surface area contributed by atoms with Crippen molar-refractivity contribution in [1.82, 2.24) is 9.97 Å². The lowest BCUT2D eigenvalue weighted by atomic mass is 10.0. The topological polar surface area (TPSA) is 131 Å². The van der Waals surface area contributed by atoms with Crippen molar-refractivity contribution in [2.75, 3.05) is 16.6 Å². The molecule has 181 valence electrons. The lowest BCUT2D eigenvalue weighted by Crippen LogP contribution is -2.15. The maximum absolute atomic E-state index is 12.0. The van der Waals surface area contributed by atoms with Crippen molar-refractivity contribution in [2.24, 2.45) is 0 Å². The van der Waals surface area contributed by atoms with Crippen molar-refractivity contribution in [2.45, 2.75) is 19.4 Å². The standard InChI is InChI=1S/C23H21N4O5S3/c1-2-32-22(28)20-14-34-23(26-20)25-18(12-15-8-10-17(11-9-15)27-35(29,30)31)19-13-33-21(24-19)16-6-4-3-5-7-16/h3-8,10-11,13-14,18,27H,2,12H2,1H3,(H,25,26)(H,29,30,31). The summed E-state index contributed by atoms with van der Waals surface area (Å²) >= 11 is 2.81. The monoisotopic (exact) mass is 529 g/mol. The first kappa shape index (κ1) is 24.8. The summed E-state index contributed by atoms with van der Waals surface area (Å²) in [7, 11) is -4.36. The van der Waals surface area contributed by atoms with Crippen LogP contribution in [-0.2, 0) is 21.5 Å². The molecule has 3 N–H and O–H groups in total. The molecule has 35 heavy (non-hydrogen) atoms. The Bertz CT molecular complexity index is 1390. The fourth-order valence-corrected chi connectivity index (χ4v) is 5.23. The van der Waals surface area contributed by atoms with E-state index in [0.29, 0.717) is 11.6 Å². The van der Waals surface area contributed by atoms with Gasteiger partial charge in [0.05, 0.1) is 24.0 Å². The molecule has 2 heterocycles. The first-order chi connectivity index (χ1) is 16.8. The van der Waals surface area contributed by atoms with Crippen LogP contribution in [0.4, 0.5) is 10.8 Å². The Morgan fingerprint density at radius 1 is 1.14 bits per heavy atom. The fraction of sp³-hybridized carbons (Fsp3) is 0.174. The van der Waals surface area contributed by atoms with Crippen LogP contribution in [0.2, 0.25) is 0 Å². The molecule has 1 atom stereocenters. The normalized spacial score (nSPS) is 12.2. The molecule has 4 rings (SSSR count). The van der Waals surface area contributed by atoms with E-state index in [4.69, 9.17) is 14.3 Å². The van der Waals surface area contributed by atoms with Crippen LogP contribution in [0.15, 0.2) is 59.3 Å². The molecule has 9 nitrogen and oxygen atoms in total. The molecule has 0 aliphatic heterocycles. The Hall–Kier alpha value is -3.32. The van der Waals surface area contributed by atoms with Gasteiger partial charge in [-0.25, -0.2) is 14.8 Å². The molecule has 0 spiro atoms. The smallest absolute Gasteiger partial charge is 0.357 e. The number of ether oxygens (including phenoxy) is 1. The summed E-state index contributed by atoms with van der Waals surface area (Å²) in [4.78, 5) is 21.2. The Labute approximate surface area is 210 Å². The van der Waals surface area contributed by atoms with Crippen LogP contribution < -0.4 is 10.0 Å². The molecule has 12 heteroatoms.